The fourth-order valence-corrected chi connectivity index (χ4v) is 2.32. The predicted molar refractivity (Wildman–Crippen MR) is 94.7 cm³/mol. The Kier molecular flexibility index (Phi) is 5.31. The second-order valence-electron chi connectivity index (χ2n) is 8.32. The minimum Gasteiger partial charge on any atom is -0.443 e. The van der Waals surface area contributed by atoms with E-state index in [1.54, 1.807) is 0 Å². The lowest BCUT2D eigenvalue weighted by molar-refractivity contribution is -0.127. The molecule has 0 spiro atoms. The summed E-state index contributed by atoms with van der Waals surface area (Å²) in [6.07, 6.45) is -5.41. The normalized spacial score (nSPS) is 19.1. The molecule has 27 heavy (non-hydrogen) atoms. The molecule has 1 aromatic rings. The first-order chi connectivity index (χ1) is 12.0. The van der Waals surface area contributed by atoms with Crippen molar-refractivity contribution in [2.75, 3.05) is 4.90 Å². The number of carbonyl (C=O) groups is 1. The lowest BCUT2D eigenvalue weighted by Gasteiger charge is -2.32. The molecule has 1 saturated heterocycles. The van der Waals surface area contributed by atoms with Gasteiger partial charge < -0.3 is 14.0 Å². The molecule has 0 aromatic carbocycles. The minimum atomic E-state index is -5.01. The molecule has 1 amide bonds. The highest BCUT2D eigenvalue weighted by Crippen LogP contribution is 2.37. The number of carbonyl (C=O) groups excluding carboxylic acids is 1. The Hall–Kier alpha value is -1.81. The highest BCUT2D eigenvalue weighted by Gasteiger charge is 2.52. The molecule has 0 atom stereocenters. The molecule has 0 radical (unpaired) electrons. The SMILES string of the molecule is CC(C)(C)OC(=O)N(c1cc(B2OC(C)(C)C(C)(C)O2)ccn1)C(F)(F)F. The van der Waals surface area contributed by atoms with Gasteiger partial charge in [-0.3, -0.25) is 0 Å². The van der Waals surface area contributed by atoms with Gasteiger partial charge in [-0.25, -0.2) is 9.78 Å². The number of alkyl halides is 3. The van der Waals surface area contributed by atoms with Gasteiger partial charge in [0.1, 0.15) is 11.4 Å². The Morgan fingerprint density at radius 3 is 2.11 bits per heavy atom. The zero-order valence-corrected chi connectivity index (χ0v) is 16.5. The zero-order chi connectivity index (χ0) is 20.8. The summed E-state index contributed by atoms with van der Waals surface area (Å²) < 4.78 is 57.1. The number of pyridine rings is 1. The maximum Gasteiger partial charge on any atom is 0.495 e. The summed E-state index contributed by atoms with van der Waals surface area (Å²) in [5.41, 5.74) is -2.09. The van der Waals surface area contributed by atoms with Crippen LogP contribution in [0.15, 0.2) is 18.3 Å². The van der Waals surface area contributed by atoms with Crippen molar-refractivity contribution in [2.45, 2.75) is 71.6 Å². The van der Waals surface area contributed by atoms with Crippen molar-refractivity contribution in [1.29, 1.82) is 0 Å². The average Bonchev–Trinajstić information content (AvgIpc) is 2.64. The molecule has 2 heterocycles. The highest BCUT2D eigenvalue weighted by molar-refractivity contribution is 6.62. The van der Waals surface area contributed by atoms with Gasteiger partial charge in [0.15, 0.2) is 0 Å². The van der Waals surface area contributed by atoms with Gasteiger partial charge in [-0.05, 0) is 66.1 Å². The summed E-state index contributed by atoms with van der Waals surface area (Å²) in [5, 5.41) is 0. The van der Waals surface area contributed by atoms with E-state index in [0.29, 0.717) is 5.46 Å². The van der Waals surface area contributed by atoms with Crippen molar-refractivity contribution in [3.05, 3.63) is 18.3 Å². The van der Waals surface area contributed by atoms with Gasteiger partial charge in [-0.1, -0.05) is 0 Å². The number of ether oxygens (including phenoxy) is 1. The van der Waals surface area contributed by atoms with Crippen LogP contribution in [0.1, 0.15) is 48.5 Å². The molecular weight excluding hydrogens is 364 g/mol. The number of hydrogen-bond acceptors (Lipinski definition) is 5. The van der Waals surface area contributed by atoms with E-state index in [-0.39, 0.29) is 0 Å². The molecule has 150 valence electrons. The third-order valence-electron chi connectivity index (χ3n) is 4.35. The van der Waals surface area contributed by atoms with Gasteiger partial charge in [0.25, 0.3) is 0 Å². The van der Waals surface area contributed by atoms with Crippen LogP contribution in [-0.4, -0.2) is 41.3 Å². The van der Waals surface area contributed by atoms with Crippen molar-refractivity contribution in [1.82, 2.24) is 4.98 Å². The van der Waals surface area contributed by atoms with Crippen molar-refractivity contribution < 1.29 is 32.0 Å². The number of anilines is 1. The predicted octanol–water partition coefficient (Wildman–Crippen LogP) is 3.64. The van der Waals surface area contributed by atoms with Crippen LogP contribution in [0.2, 0.25) is 0 Å². The molecule has 1 aliphatic rings. The molecule has 6 nitrogen and oxygen atoms in total. The molecule has 0 aliphatic carbocycles. The highest BCUT2D eigenvalue weighted by atomic mass is 19.4. The van der Waals surface area contributed by atoms with Crippen LogP contribution in [0.5, 0.6) is 0 Å². The topological polar surface area (TPSA) is 60.9 Å². The fraction of sp³-hybridized carbons (Fsp3) is 0.647. The second kappa shape index (κ2) is 6.66. The Morgan fingerprint density at radius 1 is 1.15 bits per heavy atom. The summed E-state index contributed by atoms with van der Waals surface area (Å²) in [4.78, 5) is 15.4. The molecule has 0 bridgehead atoms. The van der Waals surface area contributed by atoms with Gasteiger partial charge in [0.2, 0.25) is 0 Å². The number of hydrogen-bond donors (Lipinski definition) is 0. The smallest absolute Gasteiger partial charge is 0.443 e. The van der Waals surface area contributed by atoms with Crippen LogP contribution in [0.4, 0.5) is 23.8 Å². The Labute approximate surface area is 157 Å². The van der Waals surface area contributed by atoms with Crippen LogP contribution in [0.3, 0.4) is 0 Å². The number of amides is 1. The average molecular weight is 388 g/mol. The van der Waals surface area contributed by atoms with E-state index >= 15 is 0 Å². The lowest BCUT2D eigenvalue weighted by Crippen LogP contribution is -2.47. The Morgan fingerprint density at radius 2 is 1.67 bits per heavy atom. The third-order valence-corrected chi connectivity index (χ3v) is 4.35. The third kappa shape index (κ3) is 4.73. The number of halogens is 3. The van der Waals surface area contributed by atoms with E-state index in [4.69, 9.17) is 14.0 Å². The molecule has 1 fully saturated rings. The summed E-state index contributed by atoms with van der Waals surface area (Å²) in [5.74, 6) is -0.621. The Bertz CT molecular complexity index is 701. The molecule has 1 aromatic heterocycles. The molecule has 0 saturated carbocycles. The number of aromatic nitrogens is 1. The van der Waals surface area contributed by atoms with Gasteiger partial charge in [-0.2, -0.15) is 4.90 Å². The summed E-state index contributed by atoms with van der Waals surface area (Å²) in [6.45, 7) is 11.8. The number of rotatable bonds is 2. The van der Waals surface area contributed by atoms with Crippen LogP contribution >= 0.6 is 0 Å². The molecule has 10 heteroatoms. The zero-order valence-electron chi connectivity index (χ0n) is 16.5. The van der Waals surface area contributed by atoms with Crippen LogP contribution in [0.25, 0.3) is 0 Å². The molecule has 1 aliphatic heterocycles. The number of nitrogens with zero attached hydrogens (tertiary/aromatic N) is 2. The van der Waals surface area contributed by atoms with Crippen LogP contribution < -0.4 is 10.4 Å². The van der Waals surface area contributed by atoms with E-state index in [9.17, 15) is 18.0 Å². The first-order valence-corrected chi connectivity index (χ1v) is 8.45. The van der Waals surface area contributed by atoms with Crippen molar-refractivity contribution in [3.8, 4) is 0 Å². The fourth-order valence-electron chi connectivity index (χ4n) is 2.32. The van der Waals surface area contributed by atoms with E-state index < -0.39 is 47.0 Å². The van der Waals surface area contributed by atoms with Gasteiger partial charge in [0, 0.05) is 6.20 Å². The first kappa shape index (κ1) is 21.5. The van der Waals surface area contributed by atoms with Crippen LogP contribution in [0, 0.1) is 0 Å². The quantitative estimate of drug-likeness (QED) is 0.572. The second-order valence-corrected chi connectivity index (χ2v) is 8.32. The minimum absolute atomic E-state index is 0.316. The standard InChI is InChI=1S/C17H24BF3N2O4/c1-14(2,3)25-13(24)23(17(19,20)21)12-10-11(8-9-22-12)18-26-15(4,5)16(6,7)27-18/h8-10H,1-7H3. The maximum atomic E-state index is 13.5. The van der Waals surface area contributed by atoms with E-state index in [2.05, 4.69) is 4.98 Å². The molecule has 0 N–H and O–H groups in total. The molecular formula is C17H24BF3N2O4. The van der Waals surface area contributed by atoms with Crippen molar-refractivity contribution >= 4 is 24.5 Å². The van der Waals surface area contributed by atoms with E-state index in [0.717, 1.165) is 6.07 Å². The molecule has 0 unspecified atom stereocenters. The summed E-state index contributed by atoms with van der Waals surface area (Å²) in [6, 6.07) is 2.59. The molecule has 2 rings (SSSR count). The monoisotopic (exact) mass is 388 g/mol. The van der Waals surface area contributed by atoms with Crippen molar-refractivity contribution in [3.63, 3.8) is 0 Å². The summed E-state index contributed by atoms with van der Waals surface area (Å²) in [7, 11) is -0.884. The van der Waals surface area contributed by atoms with Gasteiger partial charge in [0.05, 0.1) is 11.2 Å². The Balaban J connectivity index is 2.38. The van der Waals surface area contributed by atoms with E-state index in [1.807, 2.05) is 27.7 Å². The van der Waals surface area contributed by atoms with Gasteiger partial charge >= 0.3 is 19.5 Å². The largest absolute Gasteiger partial charge is 0.495 e. The lowest BCUT2D eigenvalue weighted by atomic mass is 9.79. The summed E-state index contributed by atoms with van der Waals surface area (Å²) >= 11 is 0. The first-order valence-electron chi connectivity index (χ1n) is 8.45. The van der Waals surface area contributed by atoms with Gasteiger partial charge in [-0.15, -0.1) is 13.2 Å². The van der Waals surface area contributed by atoms with Crippen LogP contribution in [-0.2, 0) is 14.0 Å². The van der Waals surface area contributed by atoms with E-state index in [1.165, 1.54) is 33.0 Å². The van der Waals surface area contributed by atoms with Crippen molar-refractivity contribution in [2.24, 2.45) is 0 Å². The maximum absolute atomic E-state index is 13.5.